The molecule has 7 heteroatoms. The largest absolute Gasteiger partial charge is 0.395 e. The molecule has 154 valence electrons. The van der Waals surface area contributed by atoms with Crippen LogP contribution in [-0.2, 0) is 19.6 Å². The summed E-state index contributed by atoms with van der Waals surface area (Å²) in [7, 11) is 0. The molecule has 3 aliphatic heterocycles. The fourth-order valence-electron chi connectivity index (χ4n) is 5.51. The number of hydrogen-bond acceptors (Lipinski definition) is 6. The van der Waals surface area contributed by atoms with Crippen LogP contribution in [0.2, 0.25) is 0 Å². The molecule has 0 amide bonds. The van der Waals surface area contributed by atoms with Gasteiger partial charge in [0.2, 0.25) is 0 Å². The smallest absolute Gasteiger partial charge is 0.255 e. The highest BCUT2D eigenvalue weighted by molar-refractivity contribution is 5.22. The summed E-state index contributed by atoms with van der Waals surface area (Å²) in [6.07, 6.45) is 8.58. The van der Waals surface area contributed by atoms with Crippen molar-refractivity contribution < 1.29 is 5.11 Å². The molecule has 2 fully saturated rings. The zero-order valence-corrected chi connectivity index (χ0v) is 16.8. The average Bonchev–Trinajstić information content (AvgIpc) is 3.18. The minimum absolute atomic E-state index is 0.170. The fourth-order valence-corrected chi connectivity index (χ4v) is 5.51. The quantitative estimate of drug-likeness (QED) is 0.821. The average molecular weight is 396 g/mol. The van der Waals surface area contributed by atoms with E-state index in [1.807, 2.05) is 16.8 Å². The number of nitrogens with zero attached hydrogens (tertiary/aromatic N) is 5. The predicted octanol–water partition coefficient (Wildman–Crippen LogP) is 1.21. The van der Waals surface area contributed by atoms with Crippen LogP contribution in [0.3, 0.4) is 0 Å². The van der Waals surface area contributed by atoms with Gasteiger partial charge in [-0.1, -0.05) is 6.07 Å². The van der Waals surface area contributed by atoms with Crippen LogP contribution in [-0.4, -0.2) is 61.7 Å². The van der Waals surface area contributed by atoms with E-state index in [-0.39, 0.29) is 18.2 Å². The van der Waals surface area contributed by atoms with Gasteiger partial charge in [-0.25, -0.2) is 0 Å². The Labute approximate surface area is 171 Å². The number of pyridine rings is 1. The lowest BCUT2D eigenvalue weighted by molar-refractivity contribution is 0.112. The number of aliphatic hydroxyl groups excluding tert-OH is 1. The van der Waals surface area contributed by atoms with Gasteiger partial charge in [-0.05, 0) is 37.8 Å². The lowest BCUT2D eigenvalue weighted by Crippen LogP contribution is -2.47. The Morgan fingerprint density at radius 1 is 1.14 bits per heavy atom. The first-order valence-corrected chi connectivity index (χ1v) is 10.8. The monoisotopic (exact) mass is 395 g/mol. The maximum Gasteiger partial charge on any atom is 0.255 e. The molecule has 2 aromatic rings. The van der Waals surface area contributed by atoms with Crippen molar-refractivity contribution >= 4 is 0 Å². The SMILES string of the molecule is O=c1c(CN2CCC[C@H]2CO)ccc2n1C[C@H]1C[C@@H]2CN(Cc2cnccn2)C1. The Morgan fingerprint density at radius 2 is 2.07 bits per heavy atom. The molecule has 5 rings (SSSR count). The third kappa shape index (κ3) is 3.74. The standard InChI is InChI=1S/C22H29N5O2/c28-15-20-2-1-7-26(20)13-17-3-4-21-18-8-16(11-27(21)22(17)29)10-25(12-18)14-19-9-23-5-6-24-19/h3-6,9,16,18,20,28H,1-2,7-8,10-15H2/t16-,18+,20-/m0/s1. The molecule has 0 spiro atoms. The van der Waals surface area contributed by atoms with Gasteiger partial charge in [0, 0.05) is 74.5 Å². The lowest BCUT2D eigenvalue weighted by atomic mass is 9.83. The molecule has 2 bridgehead atoms. The molecule has 7 nitrogen and oxygen atoms in total. The summed E-state index contributed by atoms with van der Waals surface area (Å²) in [5.41, 5.74) is 3.22. The molecule has 5 heterocycles. The number of likely N-dealkylation sites (tertiary alicyclic amines) is 2. The number of rotatable bonds is 5. The molecule has 0 saturated carbocycles. The van der Waals surface area contributed by atoms with Gasteiger partial charge in [0.05, 0.1) is 12.3 Å². The van der Waals surface area contributed by atoms with Gasteiger partial charge in [-0.3, -0.25) is 24.6 Å². The summed E-state index contributed by atoms with van der Waals surface area (Å²) in [4.78, 5) is 26.6. The van der Waals surface area contributed by atoms with Crippen molar-refractivity contribution in [2.45, 2.75) is 50.9 Å². The second-order valence-corrected chi connectivity index (χ2v) is 8.84. The fraction of sp³-hybridized carbons (Fsp3) is 0.591. The minimum Gasteiger partial charge on any atom is -0.395 e. The van der Waals surface area contributed by atoms with Crippen LogP contribution in [0.25, 0.3) is 0 Å². The van der Waals surface area contributed by atoms with Crippen LogP contribution < -0.4 is 5.56 Å². The van der Waals surface area contributed by atoms with Crippen LogP contribution in [0.4, 0.5) is 0 Å². The molecule has 3 atom stereocenters. The Bertz CT molecular complexity index is 915. The number of hydrogen-bond donors (Lipinski definition) is 1. The highest BCUT2D eigenvalue weighted by Gasteiger charge is 2.35. The lowest BCUT2D eigenvalue weighted by Gasteiger charge is -2.42. The van der Waals surface area contributed by atoms with E-state index in [1.54, 1.807) is 12.4 Å². The molecule has 2 saturated heterocycles. The van der Waals surface area contributed by atoms with Crippen molar-refractivity contribution in [2.75, 3.05) is 26.2 Å². The van der Waals surface area contributed by atoms with Crippen molar-refractivity contribution in [3.05, 3.63) is 58.0 Å². The molecular formula is C22H29N5O2. The van der Waals surface area contributed by atoms with Crippen molar-refractivity contribution in [1.29, 1.82) is 0 Å². The van der Waals surface area contributed by atoms with E-state index in [9.17, 15) is 9.90 Å². The van der Waals surface area contributed by atoms with Gasteiger partial charge in [0.25, 0.3) is 5.56 Å². The molecular weight excluding hydrogens is 366 g/mol. The molecule has 0 aromatic carbocycles. The van der Waals surface area contributed by atoms with Crippen molar-refractivity contribution in [3.8, 4) is 0 Å². The van der Waals surface area contributed by atoms with Crippen LogP contribution in [0.15, 0.2) is 35.5 Å². The predicted molar refractivity (Wildman–Crippen MR) is 109 cm³/mol. The summed E-state index contributed by atoms with van der Waals surface area (Å²) < 4.78 is 2.04. The Morgan fingerprint density at radius 3 is 2.90 bits per heavy atom. The normalized spacial score (nSPS) is 27.1. The van der Waals surface area contributed by atoms with E-state index < -0.39 is 0 Å². The molecule has 29 heavy (non-hydrogen) atoms. The molecule has 0 radical (unpaired) electrons. The van der Waals surface area contributed by atoms with Gasteiger partial charge in [-0.15, -0.1) is 0 Å². The van der Waals surface area contributed by atoms with Gasteiger partial charge >= 0.3 is 0 Å². The molecule has 2 aromatic heterocycles. The number of piperidine rings is 1. The molecule has 3 aliphatic rings. The van der Waals surface area contributed by atoms with Crippen LogP contribution in [0, 0.1) is 5.92 Å². The zero-order valence-electron chi connectivity index (χ0n) is 16.8. The Balaban J connectivity index is 1.35. The first-order valence-electron chi connectivity index (χ1n) is 10.8. The van der Waals surface area contributed by atoms with E-state index in [4.69, 9.17) is 0 Å². The number of fused-ring (bicyclic) bond motifs is 4. The zero-order chi connectivity index (χ0) is 19.8. The summed E-state index contributed by atoms with van der Waals surface area (Å²) in [5, 5.41) is 9.58. The Kier molecular flexibility index (Phi) is 5.20. The molecule has 0 unspecified atom stereocenters. The van der Waals surface area contributed by atoms with Gasteiger partial charge < -0.3 is 9.67 Å². The van der Waals surface area contributed by atoms with Crippen LogP contribution in [0.5, 0.6) is 0 Å². The van der Waals surface area contributed by atoms with Gasteiger partial charge in [-0.2, -0.15) is 0 Å². The maximum absolute atomic E-state index is 13.2. The second-order valence-electron chi connectivity index (χ2n) is 8.84. The summed E-state index contributed by atoms with van der Waals surface area (Å²) in [6.45, 7) is 5.39. The topological polar surface area (TPSA) is 74.5 Å². The first kappa shape index (κ1) is 18.9. The number of aromatic nitrogens is 3. The van der Waals surface area contributed by atoms with Crippen LogP contribution in [0.1, 0.15) is 42.1 Å². The Hall–Kier alpha value is -2.09. The van der Waals surface area contributed by atoms with Crippen LogP contribution >= 0.6 is 0 Å². The minimum atomic E-state index is 0.170. The van der Waals surface area contributed by atoms with E-state index in [0.29, 0.717) is 18.4 Å². The van der Waals surface area contributed by atoms with Gasteiger partial charge in [0.1, 0.15) is 0 Å². The molecule has 0 aliphatic carbocycles. The summed E-state index contributed by atoms with van der Waals surface area (Å²) >= 11 is 0. The van der Waals surface area contributed by atoms with E-state index in [2.05, 4.69) is 25.8 Å². The number of aliphatic hydroxyl groups is 1. The van der Waals surface area contributed by atoms with E-state index in [0.717, 1.165) is 63.2 Å². The third-order valence-electron chi connectivity index (χ3n) is 6.84. The van der Waals surface area contributed by atoms with Crippen molar-refractivity contribution in [1.82, 2.24) is 24.3 Å². The maximum atomic E-state index is 13.2. The van der Waals surface area contributed by atoms with Crippen molar-refractivity contribution in [3.63, 3.8) is 0 Å². The first-order chi connectivity index (χ1) is 14.2. The highest BCUT2D eigenvalue weighted by Crippen LogP contribution is 2.35. The van der Waals surface area contributed by atoms with Gasteiger partial charge in [0.15, 0.2) is 0 Å². The molecule has 1 N–H and O–H groups in total. The second kappa shape index (κ2) is 7.97. The van der Waals surface area contributed by atoms with E-state index in [1.165, 1.54) is 5.69 Å². The summed E-state index contributed by atoms with van der Waals surface area (Å²) in [6, 6.07) is 4.40. The van der Waals surface area contributed by atoms with E-state index >= 15 is 0 Å². The highest BCUT2D eigenvalue weighted by atomic mass is 16.3. The third-order valence-corrected chi connectivity index (χ3v) is 6.84. The van der Waals surface area contributed by atoms with Crippen molar-refractivity contribution in [2.24, 2.45) is 5.92 Å². The summed E-state index contributed by atoms with van der Waals surface area (Å²) in [5.74, 6) is 0.903.